The number of nitrogens with one attached hydrogen (secondary N) is 1. The van der Waals surface area contributed by atoms with E-state index in [9.17, 15) is 18.3 Å². The number of hydrogen-bond donors (Lipinski definition) is 2. The number of nitrogens with zero attached hydrogens (tertiary/aromatic N) is 4. The second-order valence-electron chi connectivity index (χ2n) is 6.71. The maximum atomic E-state index is 12.5. The lowest BCUT2D eigenvalue weighted by atomic mass is 10.2. The van der Waals surface area contributed by atoms with Crippen LogP contribution in [0.5, 0.6) is 5.75 Å². The minimum Gasteiger partial charge on any atom is -0.507 e. The van der Waals surface area contributed by atoms with E-state index in [1.165, 1.54) is 53.7 Å². The van der Waals surface area contributed by atoms with E-state index in [2.05, 4.69) is 19.9 Å². The summed E-state index contributed by atoms with van der Waals surface area (Å²) >= 11 is 0. The van der Waals surface area contributed by atoms with E-state index >= 15 is 0 Å². The van der Waals surface area contributed by atoms with Gasteiger partial charge in [0.05, 0.1) is 16.3 Å². The van der Waals surface area contributed by atoms with Gasteiger partial charge in [-0.15, -0.1) is 5.06 Å². The number of carbonyl (C=O) groups excluding carboxylic acids is 1. The van der Waals surface area contributed by atoms with Gasteiger partial charge in [0.15, 0.2) is 0 Å². The van der Waals surface area contributed by atoms with Crippen LogP contribution in [0.2, 0.25) is 0 Å². The highest BCUT2D eigenvalue weighted by molar-refractivity contribution is 7.92. The van der Waals surface area contributed by atoms with Gasteiger partial charge < -0.3 is 9.94 Å². The number of rotatable bonds is 9. The lowest BCUT2D eigenvalue weighted by Crippen LogP contribution is -2.26. The summed E-state index contributed by atoms with van der Waals surface area (Å²) in [5, 5.41) is 19.6. The average molecular weight is 470 g/mol. The molecule has 11 heteroatoms. The molecule has 0 amide bonds. The Morgan fingerprint density at radius 1 is 1.03 bits per heavy atom. The molecule has 33 heavy (non-hydrogen) atoms. The standard InChI is InChI=1S/C22H23N5O5S/c1-3-27(4-2)32-22(29)19-15-17(10-13-20(19)28)25-24-16-8-11-18(12-9-16)33(30,31)26-21-7-5-6-14-23-21/h5-15,28H,3-4H2,1-2H3,(H,23,26). The van der Waals surface area contributed by atoms with Gasteiger partial charge >= 0.3 is 5.97 Å². The Kier molecular flexibility index (Phi) is 7.70. The first-order valence-corrected chi connectivity index (χ1v) is 11.6. The number of sulfonamides is 1. The zero-order valence-electron chi connectivity index (χ0n) is 18.0. The minimum atomic E-state index is -3.80. The summed E-state index contributed by atoms with van der Waals surface area (Å²) < 4.78 is 27.3. The number of carbonyl (C=O) groups is 1. The number of hydroxylamine groups is 2. The SMILES string of the molecule is CCN(CC)OC(=O)c1cc(N=Nc2ccc(S(=O)(=O)Nc3ccccn3)cc2)ccc1O. The smallest absolute Gasteiger partial charge is 0.360 e. The summed E-state index contributed by atoms with van der Waals surface area (Å²) in [6.45, 7) is 4.69. The molecular formula is C22H23N5O5S. The van der Waals surface area contributed by atoms with E-state index in [4.69, 9.17) is 4.84 Å². The zero-order chi connectivity index (χ0) is 23.8. The molecule has 3 aromatic rings. The van der Waals surface area contributed by atoms with Crippen LogP contribution in [0.25, 0.3) is 0 Å². The van der Waals surface area contributed by atoms with Crippen molar-refractivity contribution in [1.82, 2.24) is 10.0 Å². The third kappa shape index (κ3) is 6.34. The van der Waals surface area contributed by atoms with Gasteiger partial charge in [-0.3, -0.25) is 4.72 Å². The molecule has 0 atom stereocenters. The molecule has 3 rings (SSSR count). The first-order valence-electron chi connectivity index (χ1n) is 10.1. The maximum absolute atomic E-state index is 12.5. The Labute approximate surface area is 191 Å². The highest BCUT2D eigenvalue weighted by atomic mass is 32.2. The number of anilines is 1. The van der Waals surface area contributed by atoms with Crippen molar-refractivity contribution >= 4 is 33.2 Å². The number of benzene rings is 2. The Morgan fingerprint density at radius 3 is 2.33 bits per heavy atom. The third-order valence-corrected chi connectivity index (χ3v) is 5.82. The van der Waals surface area contributed by atoms with Gasteiger partial charge in [-0.1, -0.05) is 6.07 Å². The van der Waals surface area contributed by atoms with Crippen LogP contribution in [-0.2, 0) is 14.9 Å². The van der Waals surface area contributed by atoms with E-state index in [0.717, 1.165) is 0 Å². The molecular weight excluding hydrogens is 446 g/mol. The minimum absolute atomic E-state index is 0.0400. The Balaban J connectivity index is 1.73. The van der Waals surface area contributed by atoms with Crippen LogP contribution < -0.4 is 4.72 Å². The summed E-state index contributed by atoms with van der Waals surface area (Å²) in [7, 11) is -3.80. The van der Waals surface area contributed by atoms with E-state index < -0.39 is 16.0 Å². The molecule has 1 heterocycles. The number of phenols is 1. The van der Waals surface area contributed by atoms with E-state index in [1.807, 2.05) is 13.8 Å². The molecule has 0 saturated carbocycles. The van der Waals surface area contributed by atoms with Crippen LogP contribution in [0.15, 0.2) is 82.0 Å². The highest BCUT2D eigenvalue weighted by Gasteiger charge is 2.17. The third-order valence-electron chi connectivity index (χ3n) is 4.45. The molecule has 0 fully saturated rings. The number of azo groups is 1. The van der Waals surface area contributed by atoms with Crippen molar-refractivity contribution < 1.29 is 23.2 Å². The van der Waals surface area contributed by atoms with Crippen LogP contribution in [0.1, 0.15) is 24.2 Å². The largest absolute Gasteiger partial charge is 0.507 e. The molecule has 0 aliphatic carbocycles. The average Bonchev–Trinajstić information content (AvgIpc) is 2.82. The molecule has 0 aliphatic rings. The summed E-state index contributed by atoms with van der Waals surface area (Å²) in [5.41, 5.74) is 0.667. The maximum Gasteiger partial charge on any atom is 0.360 e. The quantitative estimate of drug-likeness (QED) is 0.350. The summed E-state index contributed by atoms with van der Waals surface area (Å²) in [4.78, 5) is 21.5. The van der Waals surface area contributed by atoms with E-state index in [0.29, 0.717) is 24.5 Å². The Bertz CT molecular complexity index is 1230. The normalized spacial score (nSPS) is 11.6. The van der Waals surface area contributed by atoms with Gasteiger partial charge in [0.2, 0.25) is 0 Å². The molecule has 0 spiro atoms. The molecule has 2 N–H and O–H groups in total. The topological polar surface area (TPSA) is 134 Å². The number of phenolic OH excluding ortho intramolecular Hbond substituents is 1. The van der Waals surface area contributed by atoms with Gasteiger partial charge in [0, 0.05) is 19.3 Å². The zero-order valence-corrected chi connectivity index (χ0v) is 18.9. The molecule has 2 aromatic carbocycles. The Morgan fingerprint density at radius 2 is 1.70 bits per heavy atom. The van der Waals surface area contributed by atoms with Gasteiger partial charge in [0.1, 0.15) is 17.1 Å². The fourth-order valence-corrected chi connectivity index (χ4v) is 3.70. The van der Waals surface area contributed by atoms with Crippen molar-refractivity contribution in [3.63, 3.8) is 0 Å². The fourth-order valence-electron chi connectivity index (χ4n) is 2.70. The molecule has 0 radical (unpaired) electrons. The van der Waals surface area contributed by atoms with Crippen LogP contribution >= 0.6 is 0 Å². The number of aromatic nitrogens is 1. The van der Waals surface area contributed by atoms with Crippen molar-refractivity contribution in [2.75, 3.05) is 17.8 Å². The summed E-state index contributed by atoms with van der Waals surface area (Å²) in [6, 6.07) is 14.8. The first kappa shape index (κ1) is 23.8. The fraction of sp³-hybridized carbons (Fsp3) is 0.182. The van der Waals surface area contributed by atoms with Gasteiger partial charge in [-0.05, 0) is 68.4 Å². The number of hydrogen-bond acceptors (Lipinski definition) is 9. The predicted octanol–water partition coefficient (Wildman–Crippen LogP) is 4.42. The van der Waals surface area contributed by atoms with Crippen molar-refractivity contribution in [2.45, 2.75) is 18.7 Å². The predicted molar refractivity (Wildman–Crippen MR) is 122 cm³/mol. The lowest BCUT2D eigenvalue weighted by molar-refractivity contribution is -0.103. The van der Waals surface area contributed by atoms with Gasteiger partial charge in [-0.25, -0.2) is 18.2 Å². The molecule has 0 unspecified atom stereocenters. The van der Waals surface area contributed by atoms with Crippen molar-refractivity contribution in [1.29, 1.82) is 0 Å². The van der Waals surface area contributed by atoms with E-state index in [-0.39, 0.29) is 22.0 Å². The van der Waals surface area contributed by atoms with E-state index in [1.54, 1.807) is 18.2 Å². The first-order chi connectivity index (χ1) is 15.8. The summed E-state index contributed by atoms with van der Waals surface area (Å²) in [5.74, 6) is -0.729. The second-order valence-corrected chi connectivity index (χ2v) is 8.39. The van der Waals surface area contributed by atoms with Crippen molar-refractivity contribution in [2.24, 2.45) is 10.2 Å². The van der Waals surface area contributed by atoms with Crippen LogP contribution in [0.4, 0.5) is 17.2 Å². The van der Waals surface area contributed by atoms with Crippen LogP contribution in [0, 0.1) is 0 Å². The van der Waals surface area contributed by atoms with Crippen LogP contribution in [-0.4, -0.2) is 42.6 Å². The van der Waals surface area contributed by atoms with Crippen molar-refractivity contribution in [3.05, 3.63) is 72.4 Å². The molecule has 172 valence electrons. The second kappa shape index (κ2) is 10.7. The van der Waals surface area contributed by atoms with Gasteiger partial charge in [-0.2, -0.15) is 10.2 Å². The van der Waals surface area contributed by atoms with Crippen molar-refractivity contribution in [3.8, 4) is 5.75 Å². The highest BCUT2D eigenvalue weighted by Crippen LogP contribution is 2.26. The lowest BCUT2D eigenvalue weighted by Gasteiger charge is -2.17. The Hall–Kier alpha value is -3.83. The monoisotopic (exact) mass is 469 g/mol. The molecule has 0 saturated heterocycles. The molecule has 0 bridgehead atoms. The molecule has 1 aromatic heterocycles. The van der Waals surface area contributed by atoms with Gasteiger partial charge in [0.25, 0.3) is 10.0 Å². The summed E-state index contributed by atoms with van der Waals surface area (Å²) in [6.07, 6.45) is 1.49. The number of aromatic hydroxyl groups is 1. The van der Waals surface area contributed by atoms with Crippen LogP contribution in [0.3, 0.4) is 0 Å². The molecule has 10 nitrogen and oxygen atoms in total. The molecule has 0 aliphatic heterocycles. The number of pyridine rings is 1.